The fraction of sp³-hybridized carbons (Fsp3) is 0.286. The Morgan fingerprint density at radius 2 is 2.05 bits per heavy atom. The van der Waals surface area contributed by atoms with Crippen LogP contribution in [0.25, 0.3) is 0 Å². The molecule has 0 heterocycles. The Hall–Kier alpha value is -1.52. The van der Waals surface area contributed by atoms with Gasteiger partial charge in [-0.15, -0.1) is 6.58 Å². The van der Waals surface area contributed by atoms with Crippen molar-refractivity contribution in [2.45, 2.75) is 6.92 Å². The molecule has 20 heavy (non-hydrogen) atoms. The molecule has 0 aromatic heterocycles. The average molecular weight is 316 g/mol. The van der Waals surface area contributed by atoms with Gasteiger partial charge in [0.05, 0.1) is 16.7 Å². The van der Waals surface area contributed by atoms with Gasteiger partial charge >= 0.3 is 5.97 Å². The molecule has 0 saturated carbocycles. The van der Waals surface area contributed by atoms with E-state index in [-0.39, 0.29) is 30.6 Å². The third-order valence-corrected chi connectivity index (χ3v) is 3.17. The summed E-state index contributed by atoms with van der Waals surface area (Å²) >= 11 is 11.7. The van der Waals surface area contributed by atoms with Crippen LogP contribution < -0.4 is 0 Å². The Morgan fingerprint density at radius 1 is 1.35 bits per heavy atom. The van der Waals surface area contributed by atoms with E-state index < -0.39 is 5.97 Å². The smallest absolute Gasteiger partial charge is 0.325 e. The first kappa shape index (κ1) is 16.5. The summed E-state index contributed by atoms with van der Waals surface area (Å²) in [6.07, 6.45) is 1.54. The van der Waals surface area contributed by atoms with Crippen LogP contribution in [0.2, 0.25) is 10.0 Å². The fourth-order valence-electron chi connectivity index (χ4n) is 1.55. The lowest BCUT2D eigenvalue weighted by atomic mass is 10.2. The fourth-order valence-corrected chi connectivity index (χ4v) is 1.85. The quantitative estimate of drug-likeness (QED) is 0.598. The first-order valence-corrected chi connectivity index (χ1v) is 6.76. The zero-order chi connectivity index (χ0) is 15.1. The van der Waals surface area contributed by atoms with Gasteiger partial charge in [-0.05, 0) is 25.1 Å². The number of rotatable bonds is 6. The second kappa shape index (κ2) is 7.92. The van der Waals surface area contributed by atoms with Crippen molar-refractivity contribution in [2.24, 2.45) is 0 Å². The normalized spacial score (nSPS) is 9.95. The van der Waals surface area contributed by atoms with Gasteiger partial charge in [0.15, 0.2) is 0 Å². The lowest BCUT2D eigenvalue weighted by Gasteiger charge is -2.20. The van der Waals surface area contributed by atoms with E-state index in [0.717, 1.165) is 0 Å². The van der Waals surface area contributed by atoms with Crippen molar-refractivity contribution in [3.63, 3.8) is 0 Å². The molecule has 0 unspecified atom stereocenters. The van der Waals surface area contributed by atoms with E-state index in [2.05, 4.69) is 6.58 Å². The summed E-state index contributed by atoms with van der Waals surface area (Å²) in [7, 11) is 0. The molecule has 0 N–H and O–H groups in total. The molecule has 0 aliphatic heterocycles. The highest BCUT2D eigenvalue weighted by Gasteiger charge is 2.19. The topological polar surface area (TPSA) is 46.6 Å². The number of halogens is 2. The summed E-state index contributed by atoms with van der Waals surface area (Å²) in [5.74, 6) is -0.806. The molecule has 0 radical (unpaired) electrons. The number of hydrogen-bond acceptors (Lipinski definition) is 3. The summed E-state index contributed by atoms with van der Waals surface area (Å²) in [6, 6.07) is 4.55. The molecule has 1 rings (SSSR count). The monoisotopic (exact) mass is 315 g/mol. The van der Waals surface area contributed by atoms with Gasteiger partial charge < -0.3 is 9.64 Å². The Bertz CT molecular complexity index is 517. The summed E-state index contributed by atoms with van der Waals surface area (Å²) in [6.45, 7) is 5.63. The number of hydrogen-bond donors (Lipinski definition) is 0. The van der Waals surface area contributed by atoms with Gasteiger partial charge in [0.2, 0.25) is 0 Å². The van der Waals surface area contributed by atoms with Gasteiger partial charge in [0.25, 0.3) is 5.91 Å². The van der Waals surface area contributed by atoms with Crippen LogP contribution in [-0.4, -0.2) is 36.5 Å². The molecule has 0 spiro atoms. The van der Waals surface area contributed by atoms with Crippen LogP contribution in [0.3, 0.4) is 0 Å². The van der Waals surface area contributed by atoms with E-state index in [1.54, 1.807) is 13.0 Å². The lowest BCUT2D eigenvalue weighted by molar-refractivity contribution is -0.143. The van der Waals surface area contributed by atoms with Crippen LogP contribution in [0.15, 0.2) is 30.9 Å². The molecule has 1 aromatic carbocycles. The van der Waals surface area contributed by atoms with Crippen molar-refractivity contribution in [1.29, 1.82) is 0 Å². The maximum Gasteiger partial charge on any atom is 0.325 e. The molecule has 6 heteroatoms. The molecule has 108 valence electrons. The molecule has 0 bridgehead atoms. The zero-order valence-electron chi connectivity index (χ0n) is 11.1. The number of nitrogens with zero attached hydrogens (tertiary/aromatic N) is 1. The molecule has 1 amide bonds. The first-order valence-electron chi connectivity index (χ1n) is 6.00. The van der Waals surface area contributed by atoms with Gasteiger partial charge in [-0.1, -0.05) is 29.3 Å². The van der Waals surface area contributed by atoms with Crippen molar-refractivity contribution in [3.05, 3.63) is 46.5 Å². The number of ether oxygens (including phenoxy) is 1. The molecule has 0 fully saturated rings. The van der Waals surface area contributed by atoms with Gasteiger partial charge in [-0.3, -0.25) is 9.59 Å². The van der Waals surface area contributed by atoms with E-state index in [4.69, 9.17) is 27.9 Å². The Kier molecular flexibility index (Phi) is 6.55. The Labute approximate surface area is 127 Å². The van der Waals surface area contributed by atoms with Crippen molar-refractivity contribution in [2.75, 3.05) is 19.7 Å². The summed E-state index contributed by atoms with van der Waals surface area (Å²) in [4.78, 5) is 25.1. The number of benzene rings is 1. The minimum absolute atomic E-state index is 0.140. The van der Waals surface area contributed by atoms with Gasteiger partial charge in [-0.2, -0.15) is 0 Å². The average Bonchev–Trinajstić information content (AvgIpc) is 2.41. The van der Waals surface area contributed by atoms with E-state index >= 15 is 0 Å². The molecular weight excluding hydrogens is 301 g/mol. The summed E-state index contributed by atoms with van der Waals surface area (Å²) in [5.41, 5.74) is 0.352. The van der Waals surface area contributed by atoms with Crippen LogP contribution in [0, 0.1) is 0 Å². The van der Waals surface area contributed by atoms with Gasteiger partial charge in [-0.25, -0.2) is 0 Å². The van der Waals surface area contributed by atoms with Gasteiger partial charge in [0.1, 0.15) is 6.54 Å². The van der Waals surface area contributed by atoms with Crippen LogP contribution in [0.5, 0.6) is 0 Å². The largest absolute Gasteiger partial charge is 0.465 e. The summed E-state index contributed by atoms with van der Waals surface area (Å²) < 4.78 is 4.83. The molecule has 0 aliphatic rings. The van der Waals surface area contributed by atoms with E-state index in [0.29, 0.717) is 10.6 Å². The highest BCUT2D eigenvalue weighted by molar-refractivity contribution is 6.42. The number of amides is 1. The highest BCUT2D eigenvalue weighted by atomic mass is 35.5. The Balaban J connectivity index is 2.89. The first-order chi connectivity index (χ1) is 9.49. The van der Waals surface area contributed by atoms with Crippen LogP contribution in [0.4, 0.5) is 0 Å². The molecule has 1 aromatic rings. The maximum absolute atomic E-state index is 12.3. The second-order valence-electron chi connectivity index (χ2n) is 3.91. The highest BCUT2D eigenvalue weighted by Crippen LogP contribution is 2.23. The van der Waals surface area contributed by atoms with Crippen molar-refractivity contribution in [1.82, 2.24) is 4.90 Å². The number of carbonyl (C=O) groups excluding carboxylic acids is 2. The number of esters is 1. The third-order valence-electron chi connectivity index (χ3n) is 2.43. The third kappa shape index (κ3) is 4.54. The summed E-state index contributed by atoms with van der Waals surface area (Å²) in [5, 5.41) is 0.649. The molecule has 0 aliphatic carbocycles. The number of carbonyl (C=O) groups is 2. The van der Waals surface area contributed by atoms with Crippen molar-refractivity contribution < 1.29 is 14.3 Å². The predicted octanol–water partition coefficient (Wildman–Crippen LogP) is 3.18. The molecule has 0 saturated heterocycles. The second-order valence-corrected chi connectivity index (χ2v) is 4.72. The SMILES string of the molecule is C=CCN(CC(=O)OCC)C(=O)c1ccc(Cl)c(Cl)c1. The molecule has 4 nitrogen and oxygen atoms in total. The van der Waals surface area contributed by atoms with E-state index in [1.165, 1.54) is 23.1 Å². The molecule has 0 atom stereocenters. The predicted molar refractivity (Wildman–Crippen MR) is 79.2 cm³/mol. The minimum Gasteiger partial charge on any atom is -0.465 e. The van der Waals surface area contributed by atoms with E-state index in [1.807, 2.05) is 0 Å². The van der Waals surface area contributed by atoms with Crippen molar-refractivity contribution in [3.8, 4) is 0 Å². The maximum atomic E-state index is 12.3. The lowest BCUT2D eigenvalue weighted by Crippen LogP contribution is -2.36. The van der Waals surface area contributed by atoms with Crippen LogP contribution in [-0.2, 0) is 9.53 Å². The molecular formula is C14H15Cl2NO3. The van der Waals surface area contributed by atoms with Crippen LogP contribution in [0.1, 0.15) is 17.3 Å². The van der Waals surface area contributed by atoms with Crippen molar-refractivity contribution >= 4 is 35.1 Å². The standard InChI is InChI=1S/C14H15Cl2NO3/c1-3-7-17(9-13(18)20-4-2)14(19)10-5-6-11(15)12(16)8-10/h3,5-6,8H,1,4,7,9H2,2H3. The van der Waals surface area contributed by atoms with Crippen LogP contribution >= 0.6 is 23.2 Å². The zero-order valence-corrected chi connectivity index (χ0v) is 12.6. The van der Waals surface area contributed by atoms with E-state index in [9.17, 15) is 9.59 Å². The minimum atomic E-state index is -0.470. The van der Waals surface area contributed by atoms with Gasteiger partial charge in [0, 0.05) is 12.1 Å². The Morgan fingerprint density at radius 3 is 2.60 bits per heavy atom.